The highest BCUT2D eigenvalue weighted by atomic mass is 14.9. The standard InChI is InChI=1S/C20H30N2/c1-7-15(6)21-12-17-11-20(14(4)5)22-19-9-8-16(13(2)3)10-18(17)19/h8-11,13-15,21H,7,12H2,1-6H3. The van der Waals surface area contributed by atoms with Gasteiger partial charge in [-0.3, -0.25) is 4.98 Å². The third-order valence-corrected chi connectivity index (χ3v) is 4.45. The van der Waals surface area contributed by atoms with Crippen LogP contribution >= 0.6 is 0 Å². The maximum absolute atomic E-state index is 4.86. The van der Waals surface area contributed by atoms with E-state index in [2.05, 4.69) is 71.1 Å². The Balaban J connectivity index is 2.49. The van der Waals surface area contributed by atoms with Gasteiger partial charge in [0.25, 0.3) is 0 Å². The molecule has 0 saturated heterocycles. The SMILES string of the molecule is CCC(C)NCc1cc(C(C)C)nc2ccc(C(C)C)cc12. The molecule has 0 radical (unpaired) electrons. The first-order chi connectivity index (χ1) is 10.4. The van der Waals surface area contributed by atoms with Crippen LogP contribution < -0.4 is 5.32 Å². The minimum Gasteiger partial charge on any atom is -0.310 e. The molecule has 1 unspecified atom stereocenters. The van der Waals surface area contributed by atoms with Crippen LogP contribution in [-0.4, -0.2) is 11.0 Å². The molecule has 1 aromatic carbocycles. The summed E-state index contributed by atoms with van der Waals surface area (Å²) >= 11 is 0. The summed E-state index contributed by atoms with van der Waals surface area (Å²) in [6, 6.07) is 9.55. The summed E-state index contributed by atoms with van der Waals surface area (Å²) in [6.07, 6.45) is 1.15. The van der Waals surface area contributed by atoms with E-state index < -0.39 is 0 Å². The van der Waals surface area contributed by atoms with Crippen LogP contribution in [0.1, 0.15) is 76.6 Å². The van der Waals surface area contributed by atoms with Crippen molar-refractivity contribution in [1.82, 2.24) is 10.3 Å². The molecule has 0 amide bonds. The quantitative estimate of drug-likeness (QED) is 0.775. The van der Waals surface area contributed by atoms with E-state index in [0.717, 1.165) is 18.5 Å². The van der Waals surface area contributed by atoms with E-state index in [1.807, 2.05) is 0 Å². The highest BCUT2D eigenvalue weighted by Gasteiger charge is 2.11. The van der Waals surface area contributed by atoms with Crippen molar-refractivity contribution in [2.75, 3.05) is 0 Å². The van der Waals surface area contributed by atoms with E-state index in [1.165, 1.54) is 22.2 Å². The molecule has 2 aromatic rings. The van der Waals surface area contributed by atoms with Crippen LogP contribution in [-0.2, 0) is 6.54 Å². The van der Waals surface area contributed by atoms with Crippen LogP contribution in [0.5, 0.6) is 0 Å². The molecular formula is C20H30N2. The Kier molecular flexibility index (Phi) is 5.57. The van der Waals surface area contributed by atoms with Gasteiger partial charge in [0.2, 0.25) is 0 Å². The lowest BCUT2D eigenvalue weighted by atomic mass is 9.97. The Morgan fingerprint density at radius 2 is 1.73 bits per heavy atom. The zero-order valence-corrected chi connectivity index (χ0v) is 14.9. The number of rotatable bonds is 6. The predicted molar refractivity (Wildman–Crippen MR) is 96.5 cm³/mol. The number of nitrogens with one attached hydrogen (secondary N) is 1. The zero-order chi connectivity index (χ0) is 16.3. The van der Waals surface area contributed by atoms with Crippen LogP contribution in [0.4, 0.5) is 0 Å². The van der Waals surface area contributed by atoms with E-state index in [0.29, 0.717) is 17.9 Å². The van der Waals surface area contributed by atoms with E-state index in [4.69, 9.17) is 4.98 Å². The molecule has 120 valence electrons. The molecule has 0 spiro atoms. The van der Waals surface area contributed by atoms with Gasteiger partial charge < -0.3 is 5.32 Å². The Bertz CT molecular complexity index is 629. The van der Waals surface area contributed by atoms with Crippen molar-refractivity contribution in [2.45, 2.75) is 72.4 Å². The van der Waals surface area contributed by atoms with E-state index >= 15 is 0 Å². The largest absolute Gasteiger partial charge is 0.310 e. The molecule has 2 rings (SSSR count). The Labute approximate surface area is 135 Å². The van der Waals surface area contributed by atoms with E-state index in [1.54, 1.807) is 0 Å². The lowest BCUT2D eigenvalue weighted by molar-refractivity contribution is 0.535. The molecule has 0 aliphatic carbocycles. The Morgan fingerprint density at radius 3 is 2.32 bits per heavy atom. The number of pyridine rings is 1. The van der Waals surface area contributed by atoms with Crippen molar-refractivity contribution in [1.29, 1.82) is 0 Å². The zero-order valence-electron chi connectivity index (χ0n) is 14.9. The molecule has 0 fully saturated rings. The van der Waals surface area contributed by atoms with Crippen LogP contribution in [0.25, 0.3) is 10.9 Å². The van der Waals surface area contributed by atoms with Crippen LogP contribution in [0.3, 0.4) is 0 Å². The minimum atomic E-state index is 0.455. The fourth-order valence-electron chi connectivity index (χ4n) is 2.57. The van der Waals surface area contributed by atoms with Crippen LogP contribution in [0.15, 0.2) is 24.3 Å². The van der Waals surface area contributed by atoms with Crippen molar-refractivity contribution < 1.29 is 0 Å². The van der Waals surface area contributed by atoms with Gasteiger partial charge in [-0.2, -0.15) is 0 Å². The lowest BCUT2D eigenvalue weighted by Gasteiger charge is -2.16. The maximum Gasteiger partial charge on any atom is 0.0708 e. The summed E-state index contributed by atoms with van der Waals surface area (Å²) in [5.74, 6) is 1.00. The number of aromatic nitrogens is 1. The highest BCUT2D eigenvalue weighted by Crippen LogP contribution is 2.26. The summed E-state index contributed by atoms with van der Waals surface area (Å²) in [7, 11) is 0. The molecule has 0 saturated carbocycles. The second-order valence-corrected chi connectivity index (χ2v) is 6.98. The molecule has 0 aliphatic rings. The average molecular weight is 298 g/mol. The lowest BCUT2D eigenvalue weighted by Crippen LogP contribution is -2.24. The Hall–Kier alpha value is -1.41. The van der Waals surface area contributed by atoms with E-state index in [-0.39, 0.29) is 0 Å². The van der Waals surface area contributed by atoms with Crippen molar-refractivity contribution in [3.05, 3.63) is 41.1 Å². The van der Waals surface area contributed by atoms with E-state index in [9.17, 15) is 0 Å². The molecular weight excluding hydrogens is 268 g/mol. The average Bonchev–Trinajstić information content (AvgIpc) is 2.51. The van der Waals surface area contributed by atoms with Gasteiger partial charge in [0.05, 0.1) is 5.52 Å². The molecule has 1 heterocycles. The minimum absolute atomic E-state index is 0.455. The molecule has 1 atom stereocenters. The van der Waals surface area contributed by atoms with Gasteiger partial charge in [0.1, 0.15) is 0 Å². The first-order valence-electron chi connectivity index (χ1n) is 8.59. The summed E-state index contributed by atoms with van der Waals surface area (Å²) in [4.78, 5) is 4.86. The first-order valence-corrected chi connectivity index (χ1v) is 8.59. The summed E-state index contributed by atoms with van der Waals surface area (Å²) in [5, 5.41) is 4.93. The topological polar surface area (TPSA) is 24.9 Å². The third kappa shape index (κ3) is 3.86. The number of hydrogen-bond donors (Lipinski definition) is 1. The monoisotopic (exact) mass is 298 g/mol. The number of hydrogen-bond acceptors (Lipinski definition) is 2. The number of nitrogens with zero attached hydrogens (tertiary/aromatic N) is 1. The highest BCUT2D eigenvalue weighted by molar-refractivity contribution is 5.83. The van der Waals surface area contributed by atoms with Gasteiger partial charge in [0, 0.05) is 23.7 Å². The maximum atomic E-state index is 4.86. The Morgan fingerprint density at radius 1 is 1.00 bits per heavy atom. The van der Waals surface area contributed by atoms with Gasteiger partial charge in [0.15, 0.2) is 0 Å². The summed E-state index contributed by atoms with van der Waals surface area (Å²) < 4.78 is 0. The molecule has 2 nitrogen and oxygen atoms in total. The van der Waals surface area contributed by atoms with Crippen molar-refractivity contribution in [2.24, 2.45) is 0 Å². The van der Waals surface area contributed by atoms with Gasteiger partial charge in [-0.25, -0.2) is 0 Å². The van der Waals surface area contributed by atoms with Crippen LogP contribution in [0.2, 0.25) is 0 Å². The second kappa shape index (κ2) is 7.23. The second-order valence-electron chi connectivity index (χ2n) is 6.98. The van der Waals surface area contributed by atoms with Gasteiger partial charge in [-0.15, -0.1) is 0 Å². The molecule has 22 heavy (non-hydrogen) atoms. The first kappa shape index (κ1) is 17.0. The van der Waals surface area contributed by atoms with Crippen molar-refractivity contribution in [3.63, 3.8) is 0 Å². The molecule has 1 aromatic heterocycles. The van der Waals surface area contributed by atoms with Crippen LogP contribution in [0, 0.1) is 0 Å². The van der Waals surface area contributed by atoms with Crippen molar-refractivity contribution >= 4 is 10.9 Å². The molecule has 0 aliphatic heterocycles. The van der Waals surface area contributed by atoms with Gasteiger partial charge >= 0.3 is 0 Å². The number of fused-ring (bicyclic) bond motifs is 1. The smallest absolute Gasteiger partial charge is 0.0708 e. The van der Waals surface area contributed by atoms with Crippen molar-refractivity contribution in [3.8, 4) is 0 Å². The number of benzene rings is 1. The predicted octanol–water partition coefficient (Wildman–Crippen LogP) is 5.37. The third-order valence-electron chi connectivity index (χ3n) is 4.45. The summed E-state index contributed by atoms with van der Waals surface area (Å²) in [5.41, 5.74) is 5.06. The summed E-state index contributed by atoms with van der Waals surface area (Å²) in [6.45, 7) is 14.3. The van der Waals surface area contributed by atoms with Gasteiger partial charge in [-0.1, -0.05) is 40.7 Å². The fourth-order valence-corrected chi connectivity index (χ4v) is 2.57. The normalized spacial score (nSPS) is 13.3. The molecule has 2 heteroatoms. The van der Waals surface area contributed by atoms with Gasteiger partial charge in [-0.05, 0) is 54.5 Å². The molecule has 0 bridgehead atoms. The fraction of sp³-hybridized carbons (Fsp3) is 0.550. The molecule has 1 N–H and O–H groups in total.